The Kier molecular flexibility index (Phi) is 4.82. The van der Waals surface area contributed by atoms with Crippen molar-refractivity contribution < 1.29 is 4.74 Å². The minimum absolute atomic E-state index is 0.267. The third-order valence-corrected chi connectivity index (χ3v) is 2.46. The molecule has 5 nitrogen and oxygen atoms in total. The van der Waals surface area contributed by atoms with Crippen molar-refractivity contribution in [2.75, 3.05) is 7.11 Å². The van der Waals surface area contributed by atoms with Crippen molar-refractivity contribution in [2.45, 2.75) is 33.4 Å². The largest absolute Gasteiger partial charge is 0.388 e. The Labute approximate surface area is 101 Å². The maximum Gasteiger partial charge on any atom is 0.145 e. The summed E-state index contributed by atoms with van der Waals surface area (Å²) < 4.78 is 6.93. The third-order valence-electron chi connectivity index (χ3n) is 2.27. The molecule has 0 unspecified atom stereocenters. The van der Waals surface area contributed by atoms with Crippen LogP contribution in [0.25, 0.3) is 0 Å². The van der Waals surface area contributed by atoms with Crippen LogP contribution < -0.4 is 5.73 Å². The Bertz CT molecular complexity index is 362. The molecule has 1 heterocycles. The molecular formula is C10H18N4OS. The fraction of sp³-hybridized carbons (Fsp3) is 0.700. The van der Waals surface area contributed by atoms with E-state index in [1.165, 1.54) is 0 Å². The lowest BCUT2D eigenvalue weighted by Gasteiger charge is -2.08. The number of methoxy groups -OCH3 is 1. The predicted octanol–water partition coefficient (Wildman–Crippen LogP) is 1.10. The number of aryl methyl sites for hydroxylation is 1. The van der Waals surface area contributed by atoms with Gasteiger partial charge in [0, 0.05) is 13.7 Å². The van der Waals surface area contributed by atoms with Crippen molar-refractivity contribution in [3.05, 3.63) is 11.4 Å². The maximum absolute atomic E-state index is 5.57. The average Bonchev–Trinajstić information content (AvgIpc) is 2.59. The molecule has 0 amide bonds. The molecule has 90 valence electrons. The van der Waals surface area contributed by atoms with Crippen LogP contribution in [0, 0.1) is 5.92 Å². The SMILES string of the molecule is COCc1c(C(N)=S)nnn1CCC(C)C. The normalized spacial score (nSPS) is 11.0. The highest BCUT2D eigenvalue weighted by Gasteiger charge is 2.14. The first-order valence-electron chi connectivity index (χ1n) is 5.27. The van der Waals surface area contributed by atoms with E-state index in [0.717, 1.165) is 18.7 Å². The monoisotopic (exact) mass is 242 g/mol. The fourth-order valence-corrected chi connectivity index (χ4v) is 1.52. The van der Waals surface area contributed by atoms with Crippen molar-refractivity contribution >= 4 is 17.2 Å². The maximum atomic E-state index is 5.57. The molecule has 0 saturated heterocycles. The second-order valence-corrected chi connectivity index (χ2v) is 4.53. The summed E-state index contributed by atoms with van der Waals surface area (Å²) in [5.41, 5.74) is 7.00. The third kappa shape index (κ3) is 3.24. The molecule has 0 bridgehead atoms. The van der Waals surface area contributed by atoms with E-state index >= 15 is 0 Å². The molecule has 1 aromatic heterocycles. The first-order valence-corrected chi connectivity index (χ1v) is 5.68. The zero-order valence-corrected chi connectivity index (χ0v) is 10.8. The van der Waals surface area contributed by atoms with E-state index in [0.29, 0.717) is 18.2 Å². The Morgan fingerprint density at radius 2 is 2.25 bits per heavy atom. The molecule has 0 aromatic carbocycles. The highest BCUT2D eigenvalue weighted by Crippen LogP contribution is 2.10. The van der Waals surface area contributed by atoms with Gasteiger partial charge in [-0.2, -0.15) is 0 Å². The number of hydrogen-bond donors (Lipinski definition) is 1. The number of rotatable bonds is 6. The number of nitrogens with zero attached hydrogens (tertiary/aromatic N) is 3. The van der Waals surface area contributed by atoms with Crippen molar-refractivity contribution in [2.24, 2.45) is 11.7 Å². The van der Waals surface area contributed by atoms with E-state index in [2.05, 4.69) is 24.2 Å². The lowest BCUT2D eigenvalue weighted by atomic mass is 10.1. The molecular weight excluding hydrogens is 224 g/mol. The summed E-state index contributed by atoms with van der Waals surface area (Å²) in [4.78, 5) is 0.267. The van der Waals surface area contributed by atoms with Crippen LogP contribution in [0.3, 0.4) is 0 Å². The molecule has 0 aliphatic rings. The van der Waals surface area contributed by atoms with Crippen molar-refractivity contribution in [1.29, 1.82) is 0 Å². The Balaban J connectivity index is 2.86. The van der Waals surface area contributed by atoms with E-state index in [1.807, 2.05) is 4.68 Å². The second-order valence-electron chi connectivity index (χ2n) is 4.09. The molecule has 0 aliphatic carbocycles. The van der Waals surface area contributed by atoms with Gasteiger partial charge < -0.3 is 10.5 Å². The number of hydrogen-bond acceptors (Lipinski definition) is 4. The van der Waals surface area contributed by atoms with Gasteiger partial charge in [0.1, 0.15) is 10.7 Å². The summed E-state index contributed by atoms with van der Waals surface area (Å²) in [5.74, 6) is 0.618. The minimum atomic E-state index is 0.267. The number of thiocarbonyl (C=S) groups is 1. The molecule has 6 heteroatoms. The van der Waals surface area contributed by atoms with Gasteiger partial charge in [0.05, 0.1) is 12.3 Å². The van der Waals surface area contributed by atoms with Crippen molar-refractivity contribution in [3.63, 3.8) is 0 Å². The van der Waals surface area contributed by atoms with Crippen LogP contribution in [0.15, 0.2) is 0 Å². The van der Waals surface area contributed by atoms with Gasteiger partial charge in [0.15, 0.2) is 0 Å². The van der Waals surface area contributed by atoms with E-state index in [-0.39, 0.29) is 4.99 Å². The van der Waals surface area contributed by atoms with Crippen LogP contribution >= 0.6 is 12.2 Å². The molecule has 0 atom stereocenters. The fourth-order valence-electron chi connectivity index (χ4n) is 1.36. The van der Waals surface area contributed by atoms with E-state index in [9.17, 15) is 0 Å². The summed E-state index contributed by atoms with van der Waals surface area (Å²) in [6.07, 6.45) is 1.04. The quantitative estimate of drug-likeness (QED) is 0.757. The first kappa shape index (κ1) is 13.1. The van der Waals surface area contributed by atoms with Gasteiger partial charge in [-0.05, 0) is 12.3 Å². The van der Waals surface area contributed by atoms with Crippen LogP contribution in [-0.2, 0) is 17.9 Å². The molecule has 1 rings (SSSR count). The number of aromatic nitrogens is 3. The van der Waals surface area contributed by atoms with Gasteiger partial charge in [-0.3, -0.25) is 0 Å². The van der Waals surface area contributed by atoms with Gasteiger partial charge >= 0.3 is 0 Å². The Morgan fingerprint density at radius 1 is 1.56 bits per heavy atom. The zero-order valence-electron chi connectivity index (χ0n) is 9.93. The molecule has 1 aromatic rings. The van der Waals surface area contributed by atoms with Gasteiger partial charge in [-0.1, -0.05) is 31.3 Å². The smallest absolute Gasteiger partial charge is 0.145 e. The van der Waals surface area contributed by atoms with E-state index < -0.39 is 0 Å². The molecule has 2 N–H and O–H groups in total. The van der Waals surface area contributed by atoms with Crippen LogP contribution in [-0.4, -0.2) is 27.1 Å². The molecule has 0 saturated carbocycles. The molecule has 0 spiro atoms. The number of ether oxygens (including phenoxy) is 1. The molecule has 0 radical (unpaired) electrons. The lowest BCUT2D eigenvalue weighted by Crippen LogP contribution is -2.15. The van der Waals surface area contributed by atoms with Crippen LogP contribution in [0.5, 0.6) is 0 Å². The summed E-state index contributed by atoms with van der Waals surface area (Å²) >= 11 is 4.92. The zero-order chi connectivity index (χ0) is 12.1. The highest BCUT2D eigenvalue weighted by atomic mass is 32.1. The number of nitrogens with two attached hydrogens (primary N) is 1. The van der Waals surface area contributed by atoms with Crippen molar-refractivity contribution in [3.8, 4) is 0 Å². The van der Waals surface area contributed by atoms with Crippen molar-refractivity contribution in [1.82, 2.24) is 15.0 Å². The van der Waals surface area contributed by atoms with Crippen LogP contribution in [0.2, 0.25) is 0 Å². The topological polar surface area (TPSA) is 66.0 Å². The minimum Gasteiger partial charge on any atom is -0.388 e. The lowest BCUT2D eigenvalue weighted by molar-refractivity contribution is 0.176. The highest BCUT2D eigenvalue weighted by molar-refractivity contribution is 7.80. The summed E-state index contributed by atoms with van der Waals surface area (Å²) in [6, 6.07) is 0. The van der Waals surface area contributed by atoms with E-state index in [4.69, 9.17) is 22.7 Å². The molecule has 0 fully saturated rings. The van der Waals surface area contributed by atoms with Crippen LogP contribution in [0.4, 0.5) is 0 Å². The predicted molar refractivity (Wildman–Crippen MR) is 66.1 cm³/mol. The van der Waals surface area contributed by atoms with E-state index in [1.54, 1.807) is 7.11 Å². The molecule has 16 heavy (non-hydrogen) atoms. The summed E-state index contributed by atoms with van der Waals surface area (Å²) in [6.45, 7) is 5.58. The molecule has 0 aliphatic heterocycles. The van der Waals surface area contributed by atoms with Gasteiger partial charge in [-0.25, -0.2) is 4.68 Å². The second kappa shape index (κ2) is 5.91. The Hall–Kier alpha value is -1.01. The van der Waals surface area contributed by atoms with Crippen LogP contribution in [0.1, 0.15) is 31.7 Å². The summed E-state index contributed by atoms with van der Waals surface area (Å²) in [5, 5.41) is 8.03. The Morgan fingerprint density at radius 3 is 2.75 bits per heavy atom. The van der Waals surface area contributed by atoms with Gasteiger partial charge in [0.25, 0.3) is 0 Å². The summed E-state index contributed by atoms with van der Waals surface area (Å²) in [7, 11) is 1.63. The van der Waals surface area contributed by atoms with Gasteiger partial charge in [0.2, 0.25) is 0 Å². The van der Waals surface area contributed by atoms with Gasteiger partial charge in [-0.15, -0.1) is 5.10 Å². The standard InChI is InChI=1S/C10H18N4OS/c1-7(2)4-5-14-8(6-15-3)9(10(11)16)12-13-14/h7H,4-6H2,1-3H3,(H2,11,16). The first-order chi connectivity index (χ1) is 7.56. The average molecular weight is 242 g/mol.